The second kappa shape index (κ2) is 24.6. The van der Waals surface area contributed by atoms with E-state index < -0.39 is 0 Å². The van der Waals surface area contributed by atoms with Gasteiger partial charge >= 0.3 is 0 Å². The van der Waals surface area contributed by atoms with E-state index >= 15 is 0 Å². The van der Waals surface area contributed by atoms with Crippen LogP contribution in [0.4, 0.5) is 0 Å². The minimum Gasteiger partial charge on any atom is -0.278 e. The third-order valence-electron chi connectivity index (χ3n) is 18.5. The van der Waals surface area contributed by atoms with Crippen LogP contribution in [0, 0.1) is 0 Å². The lowest BCUT2D eigenvalue weighted by atomic mass is 10.0. The van der Waals surface area contributed by atoms with Gasteiger partial charge in [0.15, 0.2) is 11.6 Å². The standard InChI is InChI=1S/2C44H27N5S/c1-4-15-28(16-5-1)35-27-36(46-43(45-35)30-19-8-3-9-20-30)33-23-14-24-34-40-42(50-41(33)34)39(29-17-6-2-7-18-29)47-44(48-40)49-37-25-12-10-21-31(37)32-22-11-13-26-38(32)49;1-4-15-28(16-5-1)35-27-36(29-17-6-2-7-18-29)46-43(45-35)34-24-14-23-33-40-42(50-41(33)34)39(30-19-8-3-9-20-30)47-44(48-40)49-37-25-12-10-21-31(37)32-22-11-13-26-38(32)49/h2*1-27H. The topological polar surface area (TPSA) is 113 Å². The number of para-hydroxylation sites is 4. The van der Waals surface area contributed by atoms with Gasteiger partial charge in [-0.05, 0) is 42.5 Å². The van der Waals surface area contributed by atoms with Crippen LogP contribution in [0.5, 0.6) is 0 Å². The summed E-state index contributed by atoms with van der Waals surface area (Å²) < 4.78 is 8.67. The molecule has 0 amide bonds. The summed E-state index contributed by atoms with van der Waals surface area (Å²) >= 11 is 3.43. The van der Waals surface area contributed by atoms with Crippen molar-refractivity contribution in [1.82, 2.24) is 49.0 Å². The first-order valence-electron chi connectivity index (χ1n) is 33.2. The molecular formula is C88H54N10S2. The number of rotatable bonds is 10. The lowest BCUT2D eigenvalue weighted by Gasteiger charge is -2.10. The van der Waals surface area contributed by atoms with Crippen molar-refractivity contribution < 1.29 is 0 Å². The number of thiophene rings is 2. The Kier molecular flexibility index (Phi) is 14.3. The molecule has 0 aliphatic rings. The quantitative estimate of drug-likeness (QED) is 0.133. The van der Waals surface area contributed by atoms with Gasteiger partial charge in [-0.2, -0.15) is 0 Å². The van der Waals surface area contributed by atoms with Crippen LogP contribution >= 0.6 is 22.7 Å². The minimum absolute atomic E-state index is 0.646. The molecule has 0 bridgehead atoms. The fraction of sp³-hybridized carbons (Fsp3) is 0. The number of hydrogen-bond acceptors (Lipinski definition) is 10. The van der Waals surface area contributed by atoms with E-state index in [2.05, 4.69) is 252 Å². The Labute approximate surface area is 581 Å². The molecule has 0 atom stereocenters. The van der Waals surface area contributed by atoms with Crippen molar-refractivity contribution in [3.05, 3.63) is 328 Å². The highest BCUT2D eigenvalue weighted by Gasteiger charge is 2.25. The van der Waals surface area contributed by atoms with Gasteiger partial charge in [0.25, 0.3) is 0 Å². The second-order valence-corrected chi connectivity index (χ2v) is 26.6. The smallest absolute Gasteiger partial charge is 0.235 e. The van der Waals surface area contributed by atoms with Crippen molar-refractivity contribution in [2.45, 2.75) is 0 Å². The molecule has 20 aromatic rings. The summed E-state index contributed by atoms with van der Waals surface area (Å²) in [6.45, 7) is 0. The summed E-state index contributed by atoms with van der Waals surface area (Å²) in [6.07, 6.45) is 0. The minimum atomic E-state index is 0.646. The van der Waals surface area contributed by atoms with Gasteiger partial charge in [0, 0.05) is 86.2 Å². The first-order valence-corrected chi connectivity index (χ1v) is 34.8. The number of nitrogens with zero attached hydrogens (tertiary/aromatic N) is 10. The SMILES string of the molecule is c1ccc(-c2cc(-c3cccc4c3sc3c(-c5ccccc5)nc(-n5c6ccccc6c6ccccc65)nc34)nc(-c3ccccc3)n2)cc1.c1ccc(-c2cc(-c3ccccc3)nc(-c3cccc4c3sc3c(-c5ccccc5)nc(-n5c6ccccc6c6ccccc65)nc34)n2)cc1. The zero-order chi connectivity index (χ0) is 66.0. The highest BCUT2D eigenvalue weighted by atomic mass is 32.1. The van der Waals surface area contributed by atoms with E-state index in [1.54, 1.807) is 22.7 Å². The summed E-state index contributed by atoms with van der Waals surface area (Å²) in [4.78, 5) is 42.1. The van der Waals surface area contributed by atoms with E-state index in [4.69, 9.17) is 39.9 Å². The molecule has 0 saturated heterocycles. The number of hydrogen-bond donors (Lipinski definition) is 0. The molecule has 10 nitrogen and oxygen atoms in total. The van der Waals surface area contributed by atoms with Gasteiger partial charge in [0.05, 0.1) is 76.7 Å². The van der Waals surface area contributed by atoms with Gasteiger partial charge in [-0.3, -0.25) is 9.13 Å². The Hall–Kier alpha value is -13.0. The van der Waals surface area contributed by atoms with E-state index in [9.17, 15) is 0 Å². The molecule has 100 heavy (non-hydrogen) atoms. The van der Waals surface area contributed by atoms with E-state index in [0.717, 1.165) is 141 Å². The van der Waals surface area contributed by atoms with Gasteiger partial charge in [-0.15, -0.1) is 22.7 Å². The van der Waals surface area contributed by atoms with Crippen LogP contribution in [-0.4, -0.2) is 49.0 Å². The van der Waals surface area contributed by atoms with Crippen molar-refractivity contribution >= 4 is 107 Å². The number of benzene rings is 12. The van der Waals surface area contributed by atoms with E-state index in [1.807, 2.05) is 84.9 Å². The first kappa shape index (κ1) is 58.4. The Bertz CT molecular complexity index is 5900. The highest BCUT2D eigenvalue weighted by molar-refractivity contribution is 7.27. The van der Waals surface area contributed by atoms with Gasteiger partial charge in [-0.1, -0.05) is 285 Å². The zero-order valence-corrected chi connectivity index (χ0v) is 55.1. The Morgan fingerprint density at radius 2 is 0.510 bits per heavy atom. The van der Waals surface area contributed by atoms with Gasteiger partial charge in [-0.25, -0.2) is 39.9 Å². The maximum atomic E-state index is 5.39. The Balaban J connectivity index is 0.000000139. The molecule has 12 heteroatoms. The largest absolute Gasteiger partial charge is 0.278 e. The molecule has 12 aromatic carbocycles. The molecule has 468 valence electrons. The molecule has 0 aliphatic heterocycles. The van der Waals surface area contributed by atoms with Crippen LogP contribution in [0.25, 0.3) is 186 Å². The average Bonchev–Trinajstić information content (AvgIpc) is 1.57. The fourth-order valence-corrected chi connectivity index (χ4v) is 16.4. The molecule has 8 heterocycles. The molecular weight excluding hydrogens is 1260 g/mol. The molecule has 0 unspecified atom stereocenters. The summed E-state index contributed by atoms with van der Waals surface area (Å²) in [5, 5.41) is 6.84. The summed E-state index contributed by atoms with van der Waals surface area (Å²) in [6, 6.07) is 113. The lowest BCUT2D eigenvalue weighted by Crippen LogP contribution is -2.02. The molecule has 20 rings (SSSR count). The molecule has 0 aliphatic carbocycles. The average molecular weight is 1320 g/mol. The van der Waals surface area contributed by atoms with E-state index in [0.29, 0.717) is 23.5 Å². The third kappa shape index (κ3) is 10.2. The zero-order valence-electron chi connectivity index (χ0n) is 53.5. The normalized spacial score (nSPS) is 11.6. The molecule has 0 saturated carbocycles. The number of aromatic nitrogens is 10. The van der Waals surface area contributed by atoms with Crippen molar-refractivity contribution in [3.8, 4) is 102 Å². The number of fused-ring (bicyclic) bond motifs is 12. The third-order valence-corrected chi connectivity index (χ3v) is 21.0. The van der Waals surface area contributed by atoms with Crippen LogP contribution in [-0.2, 0) is 0 Å². The molecule has 0 spiro atoms. The van der Waals surface area contributed by atoms with Gasteiger partial charge in [0.1, 0.15) is 0 Å². The molecule has 8 aromatic heterocycles. The van der Waals surface area contributed by atoms with Crippen LogP contribution in [0.1, 0.15) is 0 Å². The fourth-order valence-electron chi connectivity index (χ4n) is 13.9. The summed E-state index contributed by atoms with van der Waals surface area (Å²) in [5.41, 5.74) is 19.7. The Morgan fingerprint density at radius 1 is 0.210 bits per heavy atom. The summed E-state index contributed by atoms with van der Waals surface area (Å²) in [7, 11) is 0. The van der Waals surface area contributed by atoms with Crippen molar-refractivity contribution in [1.29, 1.82) is 0 Å². The van der Waals surface area contributed by atoms with Crippen LogP contribution < -0.4 is 0 Å². The van der Waals surface area contributed by atoms with Crippen molar-refractivity contribution in [2.75, 3.05) is 0 Å². The van der Waals surface area contributed by atoms with Gasteiger partial charge in [0.2, 0.25) is 11.9 Å². The lowest BCUT2D eigenvalue weighted by molar-refractivity contribution is 1.02. The van der Waals surface area contributed by atoms with Crippen LogP contribution in [0.2, 0.25) is 0 Å². The van der Waals surface area contributed by atoms with Crippen LogP contribution in [0.3, 0.4) is 0 Å². The molecule has 0 N–H and O–H groups in total. The maximum absolute atomic E-state index is 5.39. The second-order valence-electron chi connectivity index (χ2n) is 24.5. The predicted octanol–water partition coefficient (Wildman–Crippen LogP) is 22.8. The first-order chi connectivity index (χ1) is 49.6. The van der Waals surface area contributed by atoms with Gasteiger partial charge < -0.3 is 0 Å². The van der Waals surface area contributed by atoms with Crippen LogP contribution in [0.15, 0.2) is 328 Å². The molecule has 0 fully saturated rings. The van der Waals surface area contributed by atoms with E-state index in [-0.39, 0.29) is 0 Å². The highest BCUT2D eigenvalue weighted by Crippen LogP contribution is 2.46. The summed E-state index contributed by atoms with van der Waals surface area (Å²) in [5.74, 6) is 2.67. The predicted molar refractivity (Wildman–Crippen MR) is 413 cm³/mol. The van der Waals surface area contributed by atoms with Crippen molar-refractivity contribution in [2.24, 2.45) is 0 Å². The molecule has 0 radical (unpaired) electrons. The Morgan fingerprint density at radius 3 is 0.910 bits per heavy atom. The van der Waals surface area contributed by atoms with E-state index in [1.165, 1.54) is 21.5 Å². The van der Waals surface area contributed by atoms with Crippen molar-refractivity contribution in [3.63, 3.8) is 0 Å². The monoisotopic (exact) mass is 1310 g/mol. The maximum Gasteiger partial charge on any atom is 0.235 e.